The fourth-order valence-electron chi connectivity index (χ4n) is 1.57. The Morgan fingerprint density at radius 1 is 1.24 bits per heavy atom. The number of hydrogen-bond donors (Lipinski definition) is 1. The highest BCUT2D eigenvalue weighted by molar-refractivity contribution is 7.99. The van der Waals surface area contributed by atoms with E-state index >= 15 is 0 Å². The van der Waals surface area contributed by atoms with Crippen LogP contribution in [0.2, 0.25) is 0 Å². The van der Waals surface area contributed by atoms with Crippen LogP contribution >= 0.6 is 11.8 Å². The number of halogens is 1. The van der Waals surface area contributed by atoms with Crippen molar-refractivity contribution in [3.05, 3.63) is 54.0 Å². The summed E-state index contributed by atoms with van der Waals surface area (Å²) >= 11 is 1.43. The highest BCUT2D eigenvalue weighted by Gasteiger charge is 2.13. The average Bonchev–Trinajstić information content (AvgIpc) is 2.30. The molecule has 1 heterocycles. The number of nitrogens with two attached hydrogens (primary N) is 1. The van der Waals surface area contributed by atoms with Gasteiger partial charge in [0.1, 0.15) is 10.8 Å². The molecule has 0 saturated carbocycles. The molecule has 0 bridgehead atoms. The van der Waals surface area contributed by atoms with Crippen molar-refractivity contribution in [1.82, 2.24) is 4.98 Å². The predicted octanol–water partition coefficient (Wildman–Crippen LogP) is 3.39. The number of rotatable bonds is 3. The Balaban J connectivity index is 2.36. The number of aromatic nitrogens is 1. The fourth-order valence-corrected chi connectivity index (χ4v) is 2.59. The summed E-state index contributed by atoms with van der Waals surface area (Å²) in [5, 5.41) is 0.833. The number of pyridine rings is 1. The first-order valence-corrected chi connectivity index (χ1v) is 6.13. The predicted molar refractivity (Wildman–Crippen MR) is 67.4 cm³/mol. The van der Waals surface area contributed by atoms with E-state index < -0.39 is 0 Å². The summed E-state index contributed by atoms with van der Waals surface area (Å²) in [6.07, 6.45) is 1.72. The first-order chi connectivity index (χ1) is 8.18. The Kier molecular flexibility index (Phi) is 3.76. The largest absolute Gasteiger partial charge is 0.324 e. The highest BCUT2D eigenvalue weighted by atomic mass is 32.2. The quantitative estimate of drug-likeness (QED) is 0.905. The minimum atomic E-state index is -0.331. The molecule has 0 aliphatic heterocycles. The molecule has 0 aliphatic rings. The summed E-state index contributed by atoms with van der Waals surface area (Å²) in [5.41, 5.74) is 6.34. The van der Waals surface area contributed by atoms with E-state index in [9.17, 15) is 4.39 Å². The van der Waals surface area contributed by atoms with Crippen LogP contribution in [0.5, 0.6) is 0 Å². The molecule has 0 aliphatic carbocycles. The first-order valence-electron chi connectivity index (χ1n) is 5.31. The molecular formula is C13H13FN2S. The number of nitrogens with zero attached hydrogens (tertiary/aromatic N) is 1. The summed E-state index contributed by atoms with van der Waals surface area (Å²) in [4.78, 5) is 5.02. The highest BCUT2D eigenvalue weighted by Crippen LogP contribution is 2.32. The first kappa shape index (κ1) is 12.1. The topological polar surface area (TPSA) is 38.9 Å². The zero-order valence-corrected chi connectivity index (χ0v) is 10.2. The smallest absolute Gasteiger partial charge is 0.129 e. The maximum Gasteiger partial charge on any atom is 0.129 e. The molecule has 0 fully saturated rings. The van der Waals surface area contributed by atoms with Gasteiger partial charge in [0.25, 0.3) is 0 Å². The second-order valence-corrected chi connectivity index (χ2v) is 4.77. The van der Waals surface area contributed by atoms with E-state index in [2.05, 4.69) is 4.98 Å². The van der Waals surface area contributed by atoms with Crippen LogP contribution in [0.15, 0.2) is 52.5 Å². The standard InChI is InChI=1S/C13H13FN2S/c1-9(15)13-10(14)5-4-6-11(13)17-12-7-2-3-8-16-12/h2-9H,15H2,1H3/t9-/m0/s1. The number of hydrogen-bond acceptors (Lipinski definition) is 3. The molecular weight excluding hydrogens is 235 g/mol. The normalized spacial score (nSPS) is 12.4. The zero-order valence-electron chi connectivity index (χ0n) is 9.43. The van der Waals surface area contributed by atoms with Crippen molar-refractivity contribution in [2.45, 2.75) is 22.9 Å². The molecule has 4 heteroatoms. The van der Waals surface area contributed by atoms with Crippen molar-refractivity contribution in [2.75, 3.05) is 0 Å². The van der Waals surface area contributed by atoms with Crippen LogP contribution in [-0.2, 0) is 0 Å². The van der Waals surface area contributed by atoms with Crippen LogP contribution in [0.1, 0.15) is 18.5 Å². The van der Waals surface area contributed by atoms with Crippen LogP contribution in [0.4, 0.5) is 4.39 Å². The molecule has 1 aromatic heterocycles. The van der Waals surface area contributed by atoms with Gasteiger partial charge in [-0.15, -0.1) is 0 Å². The minimum absolute atomic E-state index is 0.263. The van der Waals surface area contributed by atoms with Gasteiger partial charge >= 0.3 is 0 Å². The zero-order chi connectivity index (χ0) is 12.3. The van der Waals surface area contributed by atoms with E-state index in [0.717, 1.165) is 9.92 Å². The van der Waals surface area contributed by atoms with Gasteiger partial charge in [-0.05, 0) is 31.2 Å². The monoisotopic (exact) mass is 248 g/mol. The molecule has 0 saturated heterocycles. The molecule has 0 radical (unpaired) electrons. The molecule has 0 spiro atoms. The molecule has 2 rings (SSSR count). The third-order valence-corrected chi connectivity index (χ3v) is 3.35. The van der Waals surface area contributed by atoms with E-state index in [4.69, 9.17) is 5.73 Å². The molecule has 88 valence electrons. The Morgan fingerprint density at radius 3 is 2.71 bits per heavy atom. The summed E-state index contributed by atoms with van der Waals surface area (Å²) in [7, 11) is 0. The van der Waals surface area contributed by atoms with Crippen molar-refractivity contribution in [2.24, 2.45) is 5.73 Å². The van der Waals surface area contributed by atoms with E-state index in [0.29, 0.717) is 5.56 Å². The average molecular weight is 248 g/mol. The van der Waals surface area contributed by atoms with Gasteiger partial charge in [0.2, 0.25) is 0 Å². The molecule has 2 aromatic rings. The molecule has 17 heavy (non-hydrogen) atoms. The van der Waals surface area contributed by atoms with Gasteiger partial charge in [-0.2, -0.15) is 0 Å². The Bertz CT molecular complexity index is 500. The molecule has 0 unspecified atom stereocenters. The Morgan fingerprint density at radius 2 is 2.06 bits per heavy atom. The van der Waals surface area contributed by atoms with Crippen molar-refractivity contribution in [1.29, 1.82) is 0 Å². The third-order valence-electron chi connectivity index (χ3n) is 2.32. The van der Waals surface area contributed by atoms with Gasteiger partial charge in [-0.25, -0.2) is 9.37 Å². The molecule has 1 atom stereocenters. The lowest BCUT2D eigenvalue weighted by Gasteiger charge is -2.12. The second-order valence-electron chi connectivity index (χ2n) is 3.71. The van der Waals surface area contributed by atoms with E-state index in [1.165, 1.54) is 17.8 Å². The van der Waals surface area contributed by atoms with Gasteiger partial charge in [0.05, 0.1) is 0 Å². The van der Waals surface area contributed by atoms with Crippen molar-refractivity contribution in [3.63, 3.8) is 0 Å². The maximum atomic E-state index is 13.7. The lowest BCUT2D eigenvalue weighted by Crippen LogP contribution is -2.08. The summed E-state index contributed by atoms with van der Waals surface area (Å²) in [6, 6.07) is 10.3. The molecule has 2 nitrogen and oxygen atoms in total. The van der Waals surface area contributed by atoms with Crippen molar-refractivity contribution >= 4 is 11.8 Å². The number of benzene rings is 1. The van der Waals surface area contributed by atoms with Crippen molar-refractivity contribution < 1.29 is 4.39 Å². The van der Waals surface area contributed by atoms with Crippen LogP contribution in [-0.4, -0.2) is 4.98 Å². The fraction of sp³-hybridized carbons (Fsp3) is 0.154. The van der Waals surface area contributed by atoms with Crippen molar-refractivity contribution in [3.8, 4) is 0 Å². The van der Waals surface area contributed by atoms with Crippen LogP contribution in [0.3, 0.4) is 0 Å². The van der Waals surface area contributed by atoms with E-state index in [1.54, 1.807) is 19.2 Å². The molecule has 1 aromatic carbocycles. The Hall–Kier alpha value is -1.39. The van der Waals surface area contributed by atoms with Gasteiger partial charge < -0.3 is 5.73 Å². The van der Waals surface area contributed by atoms with E-state index in [-0.39, 0.29) is 11.9 Å². The lowest BCUT2D eigenvalue weighted by atomic mass is 10.1. The van der Waals surface area contributed by atoms with Gasteiger partial charge in [-0.1, -0.05) is 23.9 Å². The lowest BCUT2D eigenvalue weighted by molar-refractivity contribution is 0.585. The summed E-state index contributed by atoms with van der Waals surface area (Å²) in [5.74, 6) is -0.263. The second kappa shape index (κ2) is 5.29. The Labute approximate surface area is 104 Å². The maximum absolute atomic E-state index is 13.7. The van der Waals surface area contributed by atoms with Crippen LogP contribution in [0.25, 0.3) is 0 Å². The van der Waals surface area contributed by atoms with Crippen LogP contribution < -0.4 is 5.73 Å². The van der Waals surface area contributed by atoms with Crippen LogP contribution in [0, 0.1) is 5.82 Å². The third kappa shape index (κ3) is 2.84. The van der Waals surface area contributed by atoms with Gasteiger partial charge in [-0.3, -0.25) is 0 Å². The SMILES string of the molecule is C[C@H](N)c1c(F)cccc1Sc1ccccn1. The molecule has 0 amide bonds. The van der Waals surface area contributed by atoms with Gasteiger partial charge in [0, 0.05) is 22.7 Å². The van der Waals surface area contributed by atoms with Gasteiger partial charge in [0.15, 0.2) is 0 Å². The minimum Gasteiger partial charge on any atom is -0.324 e. The summed E-state index contributed by atoms with van der Waals surface area (Å²) < 4.78 is 13.7. The van der Waals surface area contributed by atoms with E-state index in [1.807, 2.05) is 24.3 Å². The molecule has 2 N–H and O–H groups in total. The summed E-state index contributed by atoms with van der Waals surface area (Å²) in [6.45, 7) is 1.78.